The van der Waals surface area contributed by atoms with Crippen LogP contribution in [0.1, 0.15) is 55.6 Å². The van der Waals surface area contributed by atoms with E-state index in [2.05, 4.69) is 24.6 Å². The first-order valence-corrected chi connectivity index (χ1v) is 14.6. The molecule has 1 aromatic carbocycles. The molecule has 0 amide bonds. The van der Waals surface area contributed by atoms with Gasteiger partial charge in [-0.25, -0.2) is 24.9 Å². The zero-order chi connectivity index (χ0) is 31.5. The minimum atomic E-state index is -4.53. The Balaban J connectivity index is 1.31. The summed E-state index contributed by atoms with van der Waals surface area (Å²) >= 11 is 0. The van der Waals surface area contributed by atoms with E-state index in [9.17, 15) is 13.2 Å². The number of hydrogen-bond acceptors (Lipinski definition) is 7. The molecule has 45 heavy (non-hydrogen) atoms. The minimum absolute atomic E-state index is 0.196. The van der Waals surface area contributed by atoms with Gasteiger partial charge in [-0.3, -0.25) is 4.68 Å². The van der Waals surface area contributed by atoms with Crippen LogP contribution in [0.5, 0.6) is 5.88 Å². The molecule has 0 radical (unpaired) electrons. The molecule has 1 aliphatic rings. The standard InChI is InChI=1S/C32H30F3N9O/c1-18(2)43-16-25(32(33,34)35)39-29(43)21-7-5-19(6-8-21)15-44-24(23-11-12-42(3)41-23)13-22-14-36-28(40-30(22)44)26-27(20-9-10-20)37-17-38-31(26)45-4/h5-8,11-14,16-18,20H,9-10,15H2,1-4H3. The second kappa shape index (κ2) is 10.8. The summed E-state index contributed by atoms with van der Waals surface area (Å²) in [5.41, 5.74) is 4.51. The largest absolute Gasteiger partial charge is 0.480 e. The predicted molar refractivity (Wildman–Crippen MR) is 161 cm³/mol. The van der Waals surface area contributed by atoms with Crippen molar-refractivity contribution in [3.63, 3.8) is 0 Å². The van der Waals surface area contributed by atoms with Crippen LogP contribution in [-0.4, -0.2) is 50.9 Å². The smallest absolute Gasteiger partial charge is 0.434 e. The highest BCUT2D eigenvalue weighted by molar-refractivity contribution is 5.85. The normalized spacial score (nSPS) is 13.7. The number of aryl methyl sites for hydroxylation is 1. The van der Waals surface area contributed by atoms with Crippen LogP contribution in [0.3, 0.4) is 0 Å². The summed E-state index contributed by atoms with van der Waals surface area (Å²) in [6.07, 6.45) is 3.80. The minimum Gasteiger partial charge on any atom is -0.480 e. The Morgan fingerprint density at radius 3 is 2.44 bits per heavy atom. The Hall–Kier alpha value is -5.07. The second-order valence-corrected chi connectivity index (χ2v) is 11.5. The Bertz CT molecular complexity index is 2020. The fourth-order valence-corrected chi connectivity index (χ4v) is 5.58. The third kappa shape index (κ3) is 5.32. The Labute approximate surface area is 256 Å². The van der Waals surface area contributed by atoms with E-state index in [0.717, 1.165) is 47.1 Å². The number of nitrogens with zero attached hydrogens (tertiary/aromatic N) is 9. The van der Waals surface area contributed by atoms with Crippen molar-refractivity contribution in [2.24, 2.45) is 7.05 Å². The van der Waals surface area contributed by atoms with E-state index >= 15 is 0 Å². The van der Waals surface area contributed by atoms with Gasteiger partial charge in [0.2, 0.25) is 5.88 Å². The number of fused-ring (bicyclic) bond motifs is 1. The molecule has 5 heterocycles. The molecule has 230 valence electrons. The van der Waals surface area contributed by atoms with Crippen LogP contribution in [0, 0.1) is 0 Å². The second-order valence-electron chi connectivity index (χ2n) is 11.5. The number of hydrogen-bond donors (Lipinski definition) is 0. The van der Waals surface area contributed by atoms with Gasteiger partial charge in [-0.05, 0) is 44.4 Å². The monoisotopic (exact) mass is 613 g/mol. The molecule has 1 saturated carbocycles. The highest BCUT2D eigenvalue weighted by Crippen LogP contribution is 2.45. The van der Waals surface area contributed by atoms with Gasteiger partial charge in [0, 0.05) is 55.1 Å². The quantitative estimate of drug-likeness (QED) is 0.189. The van der Waals surface area contributed by atoms with E-state index in [-0.39, 0.29) is 11.9 Å². The molecule has 5 aromatic heterocycles. The van der Waals surface area contributed by atoms with Crippen LogP contribution in [0.25, 0.3) is 45.2 Å². The first-order valence-electron chi connectivity index (χ1n) is 14.6. The van der Waals surface area contributed by atoms with E-state index < -0.39 is 11.9 Å². The number of rotatable bonds is 8. The van der Waals surface area contributed by atoms with Crippen molar-refractivity contribution in [1.82, 2.24) is 43.8 Å². The number of methoxy groups -OCH3 is 1. The van der Waals surface area contributed by atoms with Gasteiger partial charge in [-0.15, -0.1) is 0 Å². The number of benzene rings is 1. The van der Waals surface area contributed by atoms with E-state index in [1.165, 1.54) is 6.33 Å². The lowest BCUT2D eigenvalue weighted by Crippen LogP contribution is -2.06. The van der Waals surface area contributed by atoms with E-state index in [1.807, 2.05) is 51.4 Å². The van der Waals surface area contributed by atoms with Gasteiger partial charge in [0.05, 0.1) is 18.5 Å². The molecule has 0 spiro atoms. The fourth-order valence-electron chi connectivity index (χ4n) is 5.58. The van der Waals surface area contributed by atoms with Crippen LogP contribution in [0.15, 0.2) is 61.3 Å². The predicted octanol–water partition coefficient (Wildman–Crippen LogP) is 6.69. The van der Waals surface area contributed by atoms with Crippen LogP contribution in [-0.2, 0) is 19.8 Å². The average Bonchev–Trinajstić information content (AvgIpc) is 3.43. The van der Waals surface area contributed by atoms with Crippen molar-refractivity contribution in [1.29, 1.82) is 0 Å². The summed E-state index contributed by atoms with van der Waals surface area (Å²) in [5.74, 6) is 1.50. The third-order valence-corrected chi connectivity index (χ3v) is 7.97. The number of aromatic nitrogens is 9. The van der Waals surface area contributed by atoms with Gasteiger partial charge in [0.25, 0.3) is 0 Å². The summed E-state index contributed by atoms with van der Waals surface area (Å²) in [4.78, 5) is 22.6. The van der Waals surface area contributed by atoms with Crippen molar-refractivity contribution in [2.75, 3.05) is 7.11 Å². The summed E-state index contributed by atoms with van der Waals surface area (Å²) in [7, 11) is 3.43. The van der Waals surface area contributed by atoms with E-state index in [1.54, 1.807) is 34.7 Å². The van der Waals surface area contributed by atoms with Crippen LogP contribution in [0.2, 0.25) is 0 Å². The highest BCUT2D eigenvalue weighted by Gasteiger charge is 2.35. The highest BCUT2D eigenvalue weighted by atomic mass is 19.4. The number of halogens is 3. The van der Waals surface area contributed by atoms with Crippen molar-refractivity contribution >= 4 is 11.0 Å². The lowest BCUT2D eigenvalue weighted by atomic mass is 10.1. The molecule has 13 heteroatoms. The van der Waals surface area contributed by atoms with Gasteiger partial charge in [-0.1, -0.05) is 24.3 Å². The van der Waals surface area contributed by atoms with Crippen molar-refractivity contribution in [3.8, 4) is 40.0 Å². The lowest BCUT2D eigenvalue weighted by molar-refractivity contribution is -0.140. The van der Waals surface area contributed by atoms with Crippen LogP contribution in [0.4, 0.5) is 13.2 Å². The number of ether oxygens (including phenoxy) is 1. The fraction of sp³-hybridized carbons (Fsp3) is 0.312. The van der Waals surface area contributed by atoms with Crippen LogP contribution >= 0.6 is 0 Å². The summed E-state index contributed by atoms with van der Waals surface area (Å²) in [5, 5.41) is 5.47. The molecule has 1 aliphatic carbocycles. The Morgan fingerprint density at radius 2 is 1.80 bits per heavy atom. The Morgan fingerprint density at radius 1 is 1.02 bits per heavy atom. The Kier molecular flexibility index (Phi) is 6.90. The number of alkyl halides is 3. The maximum Gasteiger partial charge on any atom is 0.434 e. The van der Waals surface area contributed by atoms with Gasteiger partial charge in [0.15, 0.2) is 11.5 Å². The molecule has 0 saturated heterocycles. The van der Waals surface area contributed by atoms with Gasteiger partial charge < -0.3 is 13.9 Å². The first kappa shape index (κ1) is 28.7. The zero-order valence-corrected chi connectivity index (χ0v) is 25.1. The first-order chi connectivity index (χ1) is 21.6. The molecule has 0 bridgehead atoms. The molecule has 0 aliphatic heterocycles. The number of imidazole rings is 1. The van der Waals surface area contributed by atoms with Gasteiger partial charge in [0.1, 0.15) is 29.1 Å². The maximum absolute atomic E-state index is 13.5. The summed E-state index contributed by atoms with van der Waals surface area (Å²) in [6.45, 7) is 4.09. The summed E-state index contributed by atoms with van der Waals surface area (Å²) < 4.78 is 51.4. The molecule has 7 rings (SSSR count). The molecule has 0 N–H and O–H groups in total. The molecule has 1 fully saturated rings. The molecule has 0 atom stereocenters. The van der Waals surface area contributed by atoms with Gasteiger partial charge in [-0.2, -0.15) is 18.3 Å². The average molecular weight is 614 g/mol. The van der Waals surface area contributed by atoms with Crippen molar-refractivity contribution < 1.29 is 17.9 Å². The van der Waals surface area contributed by atoms with Gasteiger partial charge >= 0.3 is 6.18 Å². The van der Waals surface area contributed by atoms with E-state index in [0.29, 0.717) is 40.9 Å². The van der Waals surface area contributed by atoms with Crippen LogP contribution < -0.4 is 4.74 Å². The maximum atomic E-state index is 13.5. The molecule has 0 unspecified atom stereocenters. The molecule has 10 nitrogen and oxygen atoms in total. The molecular weight excluding hydrogens is 583 g/mol. The van der Waals surface area contributed by atoms with E-state index in [4.69, 9.17) is 14.7 Å². The third-order valence-electron chi connectivity index (χ3n) is 7.97. The zero-order valence-electron chi connectivity index (χ0n) is 25.1. The van der Waals surface area contributed by atoms with Crippen molar-refractivity contribution in [3.05, 3.63) is 78.3 Å². The summed E-state index contributed by atoms with van der Waals surface area (Å²) in [6, 6.07) is 11.2. The molecular formula is C32H30F3N9O. The lowest BCUT2D eigenvalue weighted by Gasteiger charge is -2.13. The molecule has 6 aromatic rings. The van der Waals surface area contributed by atoms with Crippen molar-refractivity contribution in [2.45, 2.75) is 51.4 Å². The SMILES string of the molecule is COc1ncnc(C2CC2)c1-c1ncc2cc(-c3ccn(C)n3)n(Cc3ccc(-c4nc(C(F)(F)F)cn4C(C)C)cc3)c2n1. The topological polar surface area (TPSA) is 101 Å².